The van der Waals surface area contributed by atoms with Crippen LogP contribution in [0.2, 0.25) is 0 Å². The van der Waals surface area contributed by atoms with Crippen molar-refractivity contribution in [1.29, 1.82) is 0 Å². The summed E-state index contributed by atoms with van der Waals surface area (Å²) in [5.74, 6) is 0.666. The van der Waals surface area contributed by atoms with Gasteiger partial charge in [-0.15, -0.1) is 0 Å². The van der Waals surface area contributed by atoms with Gasteiger partial charge < -0.3 is 11.5 Å². The van der Waals surface area contributed by atoms with Crippen LogP contribution in [0.5, 0.6) is 0 Å². The van der Waals surface area contributed by atoms with Gasteiger partial charge in [0.2, 0.25) is 11.9 Å². The predicted octanol–water partition coefficient (Wildman–Crippen LogP) is 2.23. The van der Waals surface area contributed by atoms with Gasteiger partial charge in [0.1, 0.15) is 0 Å². The van der Waals surface area contributed by atoms with Gasteiger partial charge in [-0.2, -0.15) is 15.0 Å². The van der Waals surface area contributed by atoms with Gasteiger partial charge >= 0.3 is 0 Å². The van der Waals surface area contributed by atoms with Crippen LogP contribution in [-0.4, -0.2) is 15.0 Å². The number of nitrogen functional groups attached to an aromatic ring is 2. The maximum atomic E-state index is 5.51. The van der Waals surface area contributed by atoms with E-state index >= 15 is 0 Å². The maximum absolute atomic E-state index is 5.51. The Kier molecular flexibility index (Phi) is 3.06. The Balaban J connectivity index is 2.58. The Morgan fingerprint density at radius 1 is 0.938 bits per heavy atom. The molecule has 2 rings (SSSR count). The second-order valence-electron chi connectivity index (χ2n) is 3.00. The number of halogens is 2. The smallest absolute Gasteiger partial charge is 0.225 e. The molecule has 0 aliphatic carbocycles. The topological polar surface area (TPSA) is 90.7 Å². The van der Waals surface area contributed by atoms with Gasteiger partial charge in [-0.05, 0) is 34.1 Å². The molecule has 0 aliphatic heterocycles. The second-order valence-corrected chi connectivity index (χ2v) is 4.77. The fourth-order valence-corrected chi connectivity index (χ4v) is 2.43. The number of aromatic nitrogens is 3. The first-order valence-electron chi connectivity index (χ1n) is 4.28. The van der Waals surface area contributed by atoms with Gasteiger partial charge in [-0.25, -0.2) is 0 Å². The molecule has 0 unspecified atom stereocenters. The van der Waals surface area contributed by atoms with Crippen LogP contribution in [0, 0.1) is 0 Å². The number of hydrogen-bond donors (Lipinski definition) is 2. The predicted molar refractivity (Wildman–Crippen MR) is 69.5 cm³/mol. The average Bonchev–Trinajstić information content (AvgIpc) is 2.15. The molecular formula is C9H7Br2N5. The second kappa shape index (κ2) is 4.34. The van der Waals surface area contributed by atoms with Crippen LogP contribution in [-0.2, 0) is 0 Å². The summed E-state index contributed by atoms with van der Waals surface area (Å²) < 4.78 is 1.81. The highest BCUT2D eigenvalue weighted by Gasteiger charge is 2.08. The summed E-state index contributed by atoms with van der Waals surface area (Å²) in [5, 5.41) is 0. The fourth-order valence-electron chi connectivity index (χ4n) is 1.20. The zero-order chi connectivity index (χ0) is 11.7. The van der Waals surface area contributed by atoms with Crippen LogP contribution in [0.3, 0.4) is 0 Å². The number of rotatable bonds is 1. The van der Waals surface area contributed by atoms with E-state index in [2.05, 4.69) is 46.8 Å². The largest absolute Gasteiger partial charge is 0.368 e. The molecule has 0 bridgehead atoms. The first-order chi connectivity index (χ1) is 7.56. The molecule has 0 spiro atoms. The summed E-state index contributed by atoms with van der Waals surface area (Å²) in [4.78, 5) is 11.8. The van der Waals surface area contributed by atoms with E-state index in [0.717, 1.165) is 14.5 Å². The summed E-state index contributed by atoms with van der Waals surface area (Å²) in [6.07, 6.45) is 0. The van der Waals surface area contributed by atoms with E-state index in [0.29, 0.717) is 5.82 Å². The molecule has 0 radical (unpaired) electrons. The minimum Gasteiger partial charge on any atom is -0.368 e. The Labute approximate surface area is 109 Å². The molecule has 2 aromatic rings. The number of nitrogens with two attached hydrogens (primary N) is 2. The van der Waals surface area contributed by atoms with Crippen LogP contribution in [0.25, 0.3) is 11.4 Å². The molecule has 16 heavy (non-hydrogen) atoms. The molecular weight excluding hydrogens is 338 g/mol. The van der Waals surface area contributed by atoms with E-state index in [1.54, 1.807) is 0 Å². The van der Waals surface area contributed by atoms with Gasteiger partial charge in [-0.3, -0.25) is 0 Å². The van der Waals surface area contributed by atoms with Gasteiger partial charge in [0.25, 0.3) is 0 Å². The zero-order valence-corrected chi connectivity index (χ0v) is 11.2. The van der Waals surface area contributed by atoms with Crippen molar-refractivity contribution in [2.75, 3.05) is 11.5 Å². The summed E-state index contributed by atoms with van der Waals surface area (Å²) in [7, 11) is 0. The van der Waals surface area contributed by atoms with E-state index in [9.17, 15) is 0 Å². The lowest BCUT2D eigenvalue weighted by atomic mass is 10.2. The van der Waals surface area contributed by atoms with Crippen LogP contribution in [0.15, 0.2) is 27.1 Å². The molecule has 0 amide bonds. The standard InChI is InChI=1S/C9H7Br2N5/c10-4-1-2-5(6(11)3-4)7-14-8(12)16-9(13)15-7/h1-3H,(H4,12,13,14,15,16). The molecule has 0 atom stereocenters. The summed E-state index contributed by atoms with van der Waals surface area (Å²) in [5.41, 5.74) is 11.8. The molecule has 4 N–H and O–H groups in total. The van der Waals surface area contributed by atoms with Crippen LogP contribution in [0.4, 0.5) is 11.9 Å². The highest BCUT2D eigenvalue weighted by Crippen LogP contribution is 2.28. The number of nitrogens with zero attached hydrogens (tertiary/aromatic N) is 3. The molecule has 0 saturated carbocycles. The monoisotopic (exact) mass is 343 g/mol. The van der Waals surface area contributed by atoms with Gasteiger partial charge in [-0.1, -0.05) is 15.9 Å². The molecule has 1 aromatic carbocycles. The van der Waals surface area contributed by atoms with E-state index < -0.39 is 0 Å². The summed E-state index contributed by atoms with van der Waals surface area (Å²) in [6, 6.07) is 5.64. The van der Waals surface area contributed by atoms with Crippen LogP contribution >= 0.6 is 31.9 Å². The Morgan fingerprint density at radius 2 is 1.56 bits per heavy atom. The Bertz CT molecular complexity index is 523. The van der Waals surface area contributed by atoms with Crippen molar-refractivity contribution >= 4 is 43.8 Å². The third-order valence-corrected chi connectivity index (χ3v) is 2.99. The minimum absolute atomic E-state index is 0.109. The van der Waals surface area contributed by atoms with Crippen LogP contribution in [0.1, 0.15) is 0 Å². The van der Waals surface area contributed by atoms with Gasteiger partial charge in [0.05, 0.1) is 0 Å². The third-order valence-electron chi connectivity index (χ3n) is 1.84. The van der Waals surface area contributed by atoms with E-state index in [1.807, 2.05) is 18.2 Å². The molecule has 0 saturated heterocycles. The molecule has 1 aromatic heterocycles. The zero-order valence-electron chi connectivity index (χ0n) is 7.98. The van der Waals surface area contributed by atoms with E-state index in [1.165, 1.54) is 0 Å². The van der Waals surface area contributed by atoms with Crippen molar-refractivity contribution in [2.24, 2.45) is 0 Å². The van der Waals surface area contributed by atoms with Crippen molar-refractivity contribution in [1.82, 2.24) is 15.0 Å². The molecule has 82 valence electrons. The summed E-state index contributed by atoms with van der Waals surface area (Å²) >= 11 is 6.79. The maximum Gasteiger partial charge on any atom is 0.225 e. The normalized spacial score (nSPS) is 10.4. The van der Waals surface area contributed by atoms with Crippen molar-refractivity contribution < 1.29 is 0 Å². The van der Waals surface area contributed by atoms with E-state index in [-0.39, 0.29) is 11.9 Å². The quantitative estimate of drug-likeness (QED) is 0.827. The Morgan fingerprint density at radius 3 is 2.12 bits per heavy atom. The lowest BCUT2D eigenvalue weighted by Gasteiger charge is -2.04. The van der Waals surface area contributed by atoms with Crippen molar-refractivity contribution in [3.63, 3.8) is 0 Å². The highest BCUT2D eigenvalue weighted by atomic mass is 79.9. The van der Waals surface area contributed by atoms with Crippen molar-refractivity contribution in [3.8, 4) is 11.4 Å². The SMILES string of the molecule is Nc1nc(N)nc(-c2ccc(Br)cc2Br)n1. The van der Waals surface area contributed by atoms with E-state index in [4.69, 9.17) is 11.5 Å². The van der Waals surface area contributed by atoms with Crippen molar-refractivity contribution in [3.05, 3.63) is 27.1 Å². The third kappa shape index (κ3) is 2.30. The highest BCUT2D eigenvalue weighted by molar-refractivity contribution is 9.11. The Hall–Kier alpha value is -1.21. The van der Waals surface area contributed by atoms with Gasteiger partial charge in [0.15, 0.2) is 5.82 Å². The first kappa shape index (κ1) is 11.3. The van der Waals surface area contributed by atoms with Crippen LogP contribution < -0.4 is 11.5 Å². The van der Waals surface area contributed by atoms with Crippen molar-refractivity contribution in [2.45, 2.75) is 0 Å². The lowest BCUT2D eigenvalue weighted by molar-refractivity contribution is 1.08. The minimum atomic E-state index is 0.109. The summed E-state index contributed by atoms with van der Waals surface area (Å²) in [6.45, 7) is 0. The lowest BCUT2D eigenvalue weighted by Crippen LogP contribution is -2.04. The molecule has 0 fully saturated rings. The molecule has 5 nitrogen and oxygen atoms in total. The molecule has 1 heterocycles. The van der Waals surface area contributed by atoms with Gasteiger partial charge in [0, 0.05) is 14.5 Å². The fraction of sp³-hybridized carbons (Fsp3) is 0. The molecule has 0 aliphatic rings. The first-order valence-corrected chi connectivity index (χ1v) is 5.87. The number of benzene rings is 1. The number of hydrogen-bond acceptors (Lipinski definition) is 5. The molecule has 7 heteroatoms. The average molecular weight is 345 g/mol. The number of anilines is 2.